The molecule has 0 aliphatic rings. The average Bonchev–Trinajstić information content (AvgIpc) is 2.73. The number of halogens is 1. The third-order valence-corrected chi connectivity index (χ3v) is 4.37. The van der Waals surface area contributed by atoms with E-state index >= 15 is 0 Å². The van der Waals surface area contributed by atoms with Gasteiger partial charge in [-0.05, 0) is 31.2 Å². The molecular weight excluding hydrogens is 396 g/mol. The Hall–Kier alpha value is -3.72. The highest BCUT2D eigenvalue weighted by molar-refractivity contribution is 6.33. The molecule has 3 rings (SSSR count). The Kier molecular flexibility index (Phi) is 6.20. The number of nitrogens with zero attached hydrogens (tertiary/aromatic N) is 4. The fraction of sp³-hybridized carbons (Fsp3) is 0.105. The largest absolute Gasteiger partial charge is 0.355 e. The number of rotatable bonds is 7. The van der Waals surface area contributed by atoms with Gasteiger partial charge in [0.25, 0.3) is 5.91 Å². The second-order valence-corrected chi connectivity index (χ2v) is 6.20. The Balaban J connectivity index is 1.92. The zero-order valence-electron chi connectivity index (χ0n) is 15.4. The van der Waals surface area contributed by atoms with Crippen molar-refractivity contribution in [3.63, 3.8) is 0 Å². The van der Waals surface area contributed by atoms with Gasteiger partial charge in [0.05, 0.1) is 15.5 Å². The summed E-state index contributed by atoms with van der Waals surface area (Å²) in [4.78, 5) is 33.2. The number of carbonyl (C=O) groups is 1. The number of nitro groups is 1. The van der Waals surface area contributed by atoms with Gasteiger partial charge in [-0.1, -0.05) is 41.9 Å². The number of hydrogen-bond acceptors (Lipinski definition) is 7. The zero-order valence-corrected chi connectivity index (χ0v) is 16.1. The third kappa shape index (κ3) is 4.41. The Morgan fingerprint density at radius 1 is 1.14 bits per heavy atom. The van der Waals surface area contributed by atoms with Gasteiger partial charge in [-0.2, -0.15) is 0 Å². The van der Waals surface area contributed by atoms with Crippen LogP contribution in [0.25, 0.3) is 0 Å². The minimum absolute atomic E-state index is 0.105. The molecule has 1 amide bonds. The molecule has 2 N–H and O–H groups in total. The number of anilines is 3. The van der Waals surface area contributed by atoms with Crippen LogP contribution in [-0.4, -0.2) is 27.3 Å². The van der Waals surface area contributed by atoms with Crippen molar-refractivity contribution in [1.29, 1.82) is 0 Å². The molecule has 0 saturated carbocycles. The van der Waals surface area contributed by atoms with Gasteiger partial charge in [-0.25, -0.2) is 9.97 Å². The summed E-state index contributed by atoms with van der Waals surface area (Å²) in [5.74, 6) is -0.594. The summed E-state index contributed by atoms with van der Waals surface area (Å²) in [6, 6.07) is 15.6. The van der Waals surface area contributed by atoms with Gasteiger partial charge >= 0.3 is 5.69 Å². The lowest BCUT2D eigenvalue weighted by molar-refractivity contribution is -0.383. The van der Waals surface area contributed by atoms with Crippen molar-refractivity contribution in [2.75, 3.05) is 16.9 Å². The van der Waals surface area contributed by atoms with E-state index in [9.17, 15) is 14.9 Å². The van der Waals surface area contributed by atoms with E-state index in [1.165, 1.54) is 12.4 Å². The lowest BCUT2D eigenvalue weighted by Gasteiger charge is -2.22. The minimum Gasteiger partial charge on any atom is -0.321 e. The molecule has 0 aliphatic carbocycles. The number of amides is 1. The maximum atomic E-state index is 12.3. The van der Waals surface area contributed by atoms with Crippen molar-refractivity contribution in [2.45, 2.75) is 6.92 Å². The highest BCUT2D eigenvalue weighted by atomic mass is 35.5. The molecule has 0 saturated heterocycles. The predicted molar refractivity (Wildman–Crippen MR) is 110 cm³/mol. The SMILES string of the molecule is CCN(c1ccccc1)c1ncnc(NNC(=O)c2ccccc2Cl)c1[N+](=O)[O-]. The molecule has 1 heterocycles. The molecule has 9 nitrogen and oxygen atoms in total. The van der Waals surface area contributed by atoms with E-state index in [2.05, 4.69) is 20.8 Å². The number of nitrogens with one attached hydrogen (secondary N) is 2. The highest BCUT2D eigenvalue weighted by Crippen LogP contribution is 2.35. The summed E-state index contributed by atoms with van der Waals surface area (Å²) in [5.41, 5.74) is 5.50. The fourth-order valence-corrected chi connectivity index (χ4v) is 2.94. The first-order chi connectivity index (χ1) is 14.0. The van der Waals surface area contributed by atoms with Crippen LogP contribution in [0.5, 0.6) is 0 Å². The standard InChI is InChI=1S/C19H17ClN6O3/c1-2-25(13-8-4-3-5-9-13)18-16(26(28)29)17(21-12-22-18)23-24-19(27)14-10-6-7-11-15(14)20/h3-12H,2H2,1H3,(H,24,27)(H,21,22,23). The number of aromatic nitrogens is 2. The van der Waals surface area contributed by atoms with Gasteiger partial charge in [-0.3, -0.25) is 25.8 Å². The normalized spacial score (nSPS) is 10.3. The quantitative estimate of drug-likeness (QED) is 0.446. The van der Waals surface area contributed by atoms with Gasteiger partial charge in [-0.15, -0.1) is 0 Å². The van der Waals surface area contributed by atoms with Crippen LogP contribution in [0.15, 0.2) is 60.9 Å². The molecule has 29 heavy (non-hydrogen) atoms. The molecule has 0 spiro atoms. The molecular formula is C19H17ClN6O3. The van der Waals surface area contributed by atoms with Crippen LogP contribution >= 0.6 is 11.6 Å². The second-order valence-electron chi connectivity index (χ2n) is 5.79. The van der Waals surface area contributed by atoms with E-state index in [0.29, 0.717) is 6.54 Å². The van der Waals surface area contributed by atoms with Gasteiger partial charge in [0.15, 0.2) is 0 Å². The Morgan fingerprint density at radius 3 is 2.48 bits per heavy atom. The first kappa shape index (κ1) is 20.0. The van der Waals surface area contributed by atoms with E-state index in [-0.39, 0.29) is 27.9 Å². The van der Waals surface area contributed by atoms with Crippen molar-refractivity contribution in [2.24, 2.45) is 0 Å². The smallest absolute Gasteiger partial charge is 0.321 e. The van der Waals surface area contributed by atoms with Crippen LogP contribution in [0.3, 0.4) is 0 Å². The number of carbonyl (C=O) groups excluding carboxylic acids is 1. The summed E-state index contributed by atoms with van der Waals surface area (Å²) in [6.07, 6.45) is 1.19. The first-order valence-electron chi connectivity index (χ1n) is 8.65. The van der Waals surface area contributed by atoms with Crippen LogP contribution in [0.4, 0.5) is 23.0 Å². The molecule has 1 aromatic heterocycles. The van der Waals surface area contributed by atoms with Crippen molar-refractivity contribution in [3.8, 4) is 0 Å². The predicted octanol–water partition coefficient (Wildman–Crippen LogP) is 3.95. The molecule has 0 aliphatic heterocycles. The summed E-state index contributed by atoms with van der Waals surface area (Å²) in [6.45, 7) is 2.29. The Labute approximate surface area is 171 Å². The van der Waals surface area contributed by atoms with Gasteiger partial charge in [0.2, 0.25) is 11.6 Å². The highest BCUT2D eigenvalue weighted by Gasteiger charge is 2.27. The maximum Gasteiger partial charge on any atom is 0.355 e. The molecule has 10 heteroatoms. The van der Waals surface area contributed by atoms with Gasteiger partial charge < -0.3 is 4.90 Å². The third-order valence-electron chi connectivity index (χ3n) is 4.04. The van der Waals surface area contributed by atoms with Crippen LogP contribution in [-0.2, 0) is 0 Å². The van der Waals surface area contributed by atoms with Crippen molar-refractivity contribution in [1.82, 2.24) is 15.4 Å². The molecule has 2 aromatic carbocycles. The van der Waals surface area contributed by atoms with E-state index < -0.39 is 10.8 Å². The molecule has 0 fully saturated rings. The van der Waals surface area contributed by atoms with Crippen LogP contribution < -0.4 is 15.8 Å². The molecule has 0 bridgehead atoms. The maximum absolute atomic E-state index is 12.3. The average molecular weight is 413 g/mol. The van der Waals surface area contributed by atoms with E-state index in [0.717, 1.165) is 5.69 Å². The van der Waals surface area contributed by atoms with Crippen LogP contribution in [0.1, 0.15) is 17.3 Å². The van der Waals surface area contributed by atoms with Gasteiger partial charge in [0, 0.05) is 12.2 Å². The van der Waals surface area contributed by atoms with E-state index in [1.54, 1.807) is 23.1 Å². The molecule has 148 valence electrons. The molecule has 0 atom stereocenters. The minimum atomic E-state index is -0.592. The number of hydrazine groups is 1. The Bertz CT molecular complexity index is 1030. The Morgan fingerprint density at radius 2 is 1.83 bits per heavy atom. The molecule has 3 aromatic rings. The monoisotopic (exact) mass is 412 g/mol. The molecule has 0 unspecified atom stereocenters. The fourth-order valence-electron chi connectivity index (χ4n) is 2.72. The lowest BCUT2D eigenvalue weighted by atomic mass is 10.2. The van der Waals surface area contributed by atoms with Crippen molar-refractivity contribution >= 4 is 40.5 Å². The van der Waals surface area contributed by atoms with Gasteiger partial charge in [0.1, 0.15) is 6.33 Å². The summed E-state index contributed by atoms with van der Waals surface area (Å²) in [5, 5.41) is 12.0. The topological polar surface area (TPSA) is 113 Å². The molecule has 0 radical (unpaired) electrons. The van der Waals surface area contributed by atoms with E-state index in [4.69, 9.17) is 11.6 Å². The number of hydrogen-bond donors (Lipinski definition) is 2. The van der Waals surface area contributed by atoms with E-state index in [1.807, 2.05) is 37.3 Å². The van der Waals surface area contributed by atoms with Crippen molar-refractivity contribution < 1.29 is 9.72 Å². The number of para-hydroxylation sites is 1. The second kappa shape index (κ2) is 8.98. The summed E-state index contributed by atoms with van der Waals surface area (Å²) >= 11 is 6.01. The summed E-state index contributed by atoms with van der Waals surface area (Å²) < 4.78 is 0. The van der Waals surface area contributed by atoms with Crippen LogP contribution in [0.2, 0.25) is 5.02 Å². The zero-order chi connectivity index (χ0) is 20.8. The van der Waals surface area contributed by atoms with Crippen LogP contribution in [0, 0.1) is 10.1 Å². The number of benzene rings is 2. The van der Waals surface area contributed by atoms with Crippen molar-refractivity contribution in [3.05, 3.63) is 81.6 Å². The summed E-state index contributed by atoms with van der Waals surface area (Å²) in [7, 11) is 0. The first-order valence-corrected chi connectivity index (χ1v) is 9.03. The lowest BCUT2D eigenvalue weighted by Crippen LogP contribution is -2.31.